The van der Waals surface area contributed by atoms with Gasteiger partial charge in [-0.2, -0.15) is 0 Å². The largest absolute Gasteiger partial charge is 0.381 e. The van der Waals surface area contributed by atoms with E-state index in [0.29, 0.717) is 18.0 Å². The Morgan fingerprint density at radius 3 is 2.62 bits per heavy atom. The highest BCUT2D eigenvalue weighted by Crippen LogP contribution is 2.19. The van der Waals surface area contributed by atoms with Gasteiger partial charge < -0.3 is 10.1 Å². The third-order valence-corrected chi connectivity index (χ3v) is 5.01. The first-order chi connectivity index (χ1) is 10.3. The molecular weight excluding hydrogens is 260 g/mol. The third-order valence-electron chi connectivity index (χ3n) is 5.01. The maximum absolute atomic E-state index is 5.50. The van der Waals surface area contributed by atoms with Crippen molar-refractivity contribution in [2.75, 3.05) is 26.3 Å². The van der Waals surface area contributed by atoms with Crippen LogP contribution in [0.1, 0.15) is 31.7 Å². The molecule has 0 radical (unpaired) electrons. The molecule has 3 nitrogen and oxygen atoms in total. The molecule has 2 atom stereocenters. The number of piperidine rings is 1. The van der Waals surface area contributed by atoms with Crippen LogP contribution in [0.2, 0.25) is 0 Å². The fourth-order valence-electron chi connectivity index (χ4n) is 3.55. The van der Waals surface area contributed by atoms with Gasteiger partial charge in [0, 0.05) is 25.2 Å². The minimum Gasteiger partial charge on any atom is -0.381 e. The van der Waals surface area contributed by atoms with Gasteiger partial charge in [0.15, 0.2) is 0 Å². The molecule has 1 N–H and O–H groups in total. The van der Waals surface area contributed by atoms with Crippen LogP contribution in [0, 0.1) is 5.92 Å². The molecule has 2 heterocycles. The summed E-state index contributed by atoms with van der Waals surface area (Å²) in [6.45, 7) is 7.74. The first-order valence-corrected chi connectivity index (χ1v) is 8.41. The molecule has 0 amide bonds. The molecule has 2 aliphatic rings. The number of nitrogens with zero attached hydrogens (tertiary/aromatic N) is 1. The fourth-order valence-corrected chi connectivity index (χ4v) is 3.55. The lowest BCUT2D eigenvalue weighted by atomic mass is 9.97. The molecule has 3 rings (SSSR count). The summed E-state index contributed by atoms with van der Waals surface area (Å²) in [5, 5.41) is 3.84. The van der Waals surface area contributed by atoms with Crippen molar-refractivity contribution in [2.24, 2.45) is 5.92 Å². The van der Waals surface area contributed by atoms with Crippen LogP contribution in [-0.4, -0.2) is 43.3 Å². The molecule has 2 unspecified atom stereocenters. The minimum atomic E-state index is 0.596. The quantitative estimate of drug-likeness (QED) is 0.901. The van der Waals surface area contributed by atoms with Gasteiger partial charge in [-0.05, 0) is 50.8 Å². The number of likely N-dealkylation sites (tertiary alicyclic amines) is 1. The first kappa shape index (κ1) is 15.0. The van der Waals surface area contributed by atoms with Crippen LogP contribution in [-0.2, 0) is 11.3 Å². The Hall–Kier alpha value is -0.900. The van der Waals surface area contributed by atoms with Gasteiger partial charge in [-0.25, -0.2) is 0 Å². The SMILES string of the molecule is CC(NC1CCN(Cc2ccccc2)CC1)C1CCOC1. The maximum Gasteiger partial charge on any atom is 0.0509 e. The molecule has 21 heavy (non-hydrogen) atoms. The molecule has 1 aromatic rings. The highest BCUT2D eigenvalue weighted by molar-refractivity contribution is 5.14. The summed E-state index contributed by atoms with van der Waals surface area (Å²) in [6.07, 6.45) is 3.76. The zero-order chi connectivity index (χ0) is 14.5. The Kier molecular flexibility index (Phi) is 5.28. The molecule has 2 aliphatic heterocycles. The van der Waals surface area contributed by atoms with Crippen molar-refractivity contribution in [2.45, 2.75) is 44.8 Å². The van der Waals surface area contributed by atoms with Crippen LogP contribution >= 0.6 is 0 Å². The van der Waals surface area contributed by atoms with Gasteiger partial charge in [-0.3, -0.25) is 4.90 Å². The van der Waals surface area contributed by atoms with Crippen LogP contribution in [0.4, 0.5) is 0 Å². The topological polar surface area (TPSA) is 24.5 Å². The summed E-state index contributed by atoms with van der Waals surface area (Å²) >= 11 is 0. The molecule has 0 aliphatic carbocycles. The number of hydrogen-bond donors (Lipinski definition) is 1. The fraction of sp³-hybridized carbons (Fsp3) is 0.667. The number of hydrogen-bond acceptors (Lipinski definition) is 3. The second kappa shape index (κ2) is 7.39. The Balaban J connectivity index is 1.40. The summed E-state index contributed by atoms with van der Waals surface area (Å²) in [6, 6.07) is 12.1. The van der Waals surface area contributed by atoms with E-state index in [0.717, 1.165) is 19.8 Å². The second-order valence-electron chi connectivity index (χ2n) is 6.62. The van der Waals surface area contributed by atoms with Crippen molar-refractivity contribution in [1.29, 1.82) is 0 Å². The Morgan fingerprint density at radius 2 is 1.95 bits per heavy atom. The molecule has 0 aromatic heterocycles. The summed E-state index contributed by atoms with van der Waals surface area (Å²) in [4.78, 5) is 2.58. The Morgan fingerprint density at radius 1 is 1.19 bits per heavy atom. The molecule has 116 valence electrons. The van der Waals surface area contributed by atoms with E-state index in [4.69, 9.17) is 4.74 Å². The van der Waals surface area contributed by atoms with Crippen LogP contribution in [0.3, 0.4) is 0 Å². The summed E-state index contributed by atoms with van der Waals surface area (Å²) in [5.41, 5.74) is 1.43. The van der Waals surface area contributed by atoms with Crippen LogP contribution in [0.25, 0.3) is 0 Å². The number of nitrogens with one attached hydrogen (secondary N) is 1. The van der Waals surface area contributed by atoms with E-state index in [9.17, 15) is 0 Å². The predicted molar refractivity (Wildman–Crippen MR) is 86.3 cm³/mol. The van der Waals surface area contributed by atoms with Crippen molar-refractivity contribution >= 4 is 0 Å². The zero-order valence-electron chi connectivity index (χ0n) is 13.1. The number of rotatable bonds is 5. The normalized spacial score (nSPS) is 26.0. The smallest absolute Gasteiger partial charge is 0.0509 e. The second-order valence-corrected chi connectivity index (χ2v) is 6.62. The van der Waals surface area contributed by atoms with E-state index in [2.05, 4.69) is 47.5 Å². The van der Waals surface area contributed by atoms with E-state index in [-0.39, 0.29) is 0 Å². The van der Waals surface area contributed by atoms with E-state index in [1.807, 2.05) is 0 Å². The van der Waals surface area contributed by atoms with Crippen molar-refractivity contribution in [3.05, 3.63) is 35.9 Å². The lowest BCUT2D eigenvalue weighted by molar-refractivity contribution is 0.161. The van der Waals surface area contributed by atoms with E-state index in [1.165, 1.54) is 37.9 Å². The molecule has 0 spiro atoms. The molecular formula is C18H28N2O. The van der Waals surface area contributed by atoms with Crippen LogP contribution in [0.5, 0.6) is 0 Å². The maximum atomic E-state index is 5.50. The zero-order valence-corrected chi connectivity index (χ0v) is 13.1. The van der Waals surface area contributed by atoms with Gasteiger partial charge in [0.2, 0.25) is 0 Å². The lowest BCUT2D eigenvalue weighted by Gasteiger charge is -2.35. The van der Waals surface area contributed by atoms with Crippen LogP contribution in [0.15, 0.2) is 30.3 Å². The average molecular weight is 288 g/mol. The minimum absolute atomic E-state index is 0.596. The Bertz CT molecular complexity index is 408. The van der Waals surface area contributed by atoms with E-state index < -0.39 is 0 Å². The summed E-state index contributed by atoms with van der Waals surface area (Å²) < 4.78 is 5.50. The molecule has 3 heteroatoms. The van der Waals surface area contributed by atoms with Crippen molar-refractivity contribution in [1.82, 2.24) is 10.2 Å². The molecule has 0 bridgehead atoms. The van der Waals surface area contributed by atoms with Gasteiger partial charge in [0.05, 0.1) is 6.61 Å². The van der Waals surface area contributed by atoms with E-state index in [1.54, 1.807) is 0 Å². The monoisotopic (exact) mass is 288 g/mol. The first-order valence-electron chi connectivity index (χ1n) is 8.41. The molecule has 1 aromatic carbocycles. The summed E-state index contributed by atoms with van der Waals surface area (Å²) in [7, 11) is 0. The highest BCUT2D eigenvalue weighted by atomic mass is 16.5. The van der Waals surface area contributed by atoms with Crippen molar-refractivity contribution in [3.8, 4) is 0 Å². The molecule has 2 saturated heterocycles. The number of ether oxygens (including phenoxy) is 1. The third kappa shape index (κ3) is 4.29. The standard InChI is InChI=1S/C18H28N2O/c1-15(17-9-12-21-14-17)19-18-7-10-20(11-8-18)13-16-5-3-2-4-6-16/h2-6,15,17-19H,7-14H2,1H3. The van der Waals surface area contributed by atoms with Gasteiger partial charge >= 0.3 is 0 Å². The average Bonchev–Trinajstić information content (AvgIpc) is 3.05. The van der Waals surface area contributed by atoms with E-state index >= 15 is 0 Å². The lowest BCUT2D eigenvalue weighted by Crippen LogP contribution is -2.47. The number of benzene rings is 1. The van der Waals surface area contributed by atoms with Gasteiger partial charge in [0.1, 0.15) is 0 Å². The van der Waals surface area contributed by atoms with Gasteiger partial charge in [-0.1, -0.05) is 30.3 Å². The van der Waals surface area contributed by atoms with Gasteiger partial charge in [-0.15, -0.1) is 0 Å². The predicted octanol–water partition coefficient (Wildman–Crippen LogP) is 2.67. The highest BCUT2D eigenvalue weighted by Gasteiger charge is 2.26. The summed E-state index contributed by atoms with van der Waals surface area (Å²) in [5.74, 6) is 0.715. The van der Waals surface area contributed by atoms with Crippen molar-refractivity contribution < 1.29 is 4.74 Å². The molecule has 2 fully saturated rings. The van der Waals surface area contributed by atoms with Gasteiger partial charge in [0.25, 0.3) is 0 Å². The van der Waals surface area contributed by atoms with Crippen LogP contribution < -0.4 is 5.32 Å². The Labute approximate surface area is 128 Å². The van der Waals surface area contributed by atoms with Crippen molar-refractivity contribution in [3.63, 3.8) is 0 Å². The molecule has 0 saturated carbocycles.